The van der Waals surface area contributed by atoms with Gasteiger partial charge in [-0.25, -0.2) is 0 Å². The van der Waals surface area contributed by atoms with Crippen LogP contribution in [0.2, 0.25) is 0 Å². The van der Waals surface area contributed by atoms with E-state index in [1.165, 1.54) is 38.8 Å². The first-order chi connectivity index (χ1) is 8.69. The van der Waals surface area contributed by atoms with E-state index < -0.39 is 0 Å². The van der Waals surface area contributed by atoms with Crippen molar-refractivity contribution in [3.05, 3.63) is 0 Å². The Kier molecular flexibility index (Phi) is 5.05. The standard InChI is InChI=1S/C15H30N2O/c1-4-15(5-2)12-17(13(3)10-16-15)11-14-6-8-18-9-7-14/h13-14,16H,4-12H2,1-3H3. The normalized spacial score (nSPS) is 30.5. The molecule has 0 amide bonds. The molecule has 2 aliphatic rings. The fraction of sp³-hybridized carbons (Fsp3) is 1.00. The molecule has 0 bridgehead atoms. The fourth-order valence-corrected chi connectivity index (χ4v) is 3.32. The Morgan fingerprint density at radius 2 is 1.89 bits per heavy atom. The van der Waals surface area contributed by atoms with Crippen molar-refractivity contribution >= 4 is 0 Å². The number of hydrogen-bond acceptors (Lipinski definition) is 3. The summed E-state index contributed by atoms with van der Waals surface area (Å²) >= 11 is 0. The highest BCUT2D eigenvalue weighted by Crippen LogP contribution is 2.25. The summed E-state index contributed by atoms with van der Waals surface area (Å²) in [6.07, 6.45) is 4.98. The maximum Gasteiger partial charge on any atom is 0.0469 e. The molecule has 2 aliphatic heterocycles. The monoisotopic (exact) mass is 254 g/mol. The zero-order valence-electron chi connectivity index (χ0n) is 12.4. The Morgan fingerprint density at radius 1 is 1.22 bits per heavy atom. The van der Waals surface area contributed by atoms with Crippen molar-refractivity contribution in [1.29, 1.82) is 0 Å². The lowest BCUT2D eigenvalue weighted by Crippen LogP contribution is -2.63. The van der Waals surface area contributed by atoms with Gasteiger partial charge in [0.05, 0.1) is 0 Å². The second kappa shape index (κ2) is 6.36. The van der Waals surface area contributed by atoms with Crippen molar-refractivity contribution in [2.24, 2.45) is 5.92 Å². The number of hydrogen-bond donors (Lipinski definition) is 1. The number of ether oxygens (including phenoxy) is 1. The van der Waals surface area contributed by atoms with Crippen LogP contribution in [0.3, 0.4) is 0 Å². The quantitative estimate of drug-likeness (QED) is 0.833. The summed E-state index contributed by atoms with van der Waals surface area (Å²) in [7, 11) is 0. The molecule has 0 aromatic rings. The predicted molar refractivity (Wildman–Crippen MR) is 75.9 cm³/mol. The molecule has 0 aromatic carbocycles. The van der Waals surface area contributed by atoms with Gasteiger partial charge in [-0.3, -0.25) is 4.90 Å². The van der Waals surface area contributed by atoms with E-state index in [1.807, 2.05) is 0 Å². The number of rotatable bonds is 4. The topological polar surface area (TPSA) is 24.5 Å². The summed E-state index contributed by atoms with van der Waals surface area (Å²) in [6, 6.07) is 0.680. The van der Waals surface area contributed by atoms with Crippen LogP contribution in [-0.4, -0.2) is 49.3 Å². The van der Waals surface area contributed by atoms with Crippen LogP contribution >= 0.6 is 0 Å². The van der Waals surface area contributed by atoms with E-state index in [1.54, 1.807) is 0 Å². The van der Waals surface area contributed by atoms with E-state index in [-0.39, 0.29) is 0 Å². The molecule has 0 radical (unpaired) electrons. The molecule has 2 rings (SSSR count). The molecule has 0 saturated carbocycles. The molecule has 1 unspecified atom stereocenters. The number of piperazine rings is 1. The molecule has 106 valence electrons. The van der Waals surface area contributed by atoms with Gasteiger partial charge in [0.2, 0.25) is 0 Å². The van der Waals surface area contributed by atoms with Crippen molar-refractivity contribution in [1.82, 2.24) is 10.2 Å². The summed E-state index contributed by atoms with van der Waals surface area (Å²) in [6.45, 7) is 12.6. The van der Waals surface area contributed by atoms with Gasteiger partial charge in [-0.1, -0.05) is 13.8 Å². The molecule has 1 atom stereocenters. The van der Waals surface area contributed by atoms with E-state index in [0.717, 1.165) is 25.7 Å². The van der Waals surface area contributed by atoms with Gasteiger partial charge in [0.15, 0.2) is 0 Å². The van der Waals surface area contributed by atoms with Gasteiger partial charge in [0.1, 0.15) is 0 Å². The van der Waals surface area contributed by atoms with Crippen LogP contribution in [0.15, 0.2) is 0 Å². The summed E-state index contributed by atoms with van der Waals surface area (Å²) in [5.74, 6) is 0.853. The Labute approximate surface area is 112 Å². The minimum absolute atomic E-state index is 0.359. The summed E-state index contributed by atoms with van der Waals surface area (Å²) in [4.78, 5) is 2.72. The summed E-state index contributed by atoms with van der Waals surface area (Å²) < 4.78 is 5.47. The Bertz CT molecular complexity index is 247. The zero-order valence-corrected chi connectivity index (χ0v) is 12.4. The van der Waals surface area contributed by atoms with Crippen LogP contribution in [0.5, 0.6) is 0 Å². The average molecular weight is 254 g/mol. The van der Waals surface area contributed by atoms with Crippen molar-refractivity contribution in [2.75, 3.05) is 32.8 Å². The average Bonchev–Trinajstić information content (AvgIpc) is 2.43. The Morgan fingerprint density at radius 3 is 2.50 bits per heavy atom. The van der Waals surface area contributed by atoms with E-state index in [4.69, 9.17) is 4.74 Å². The van der Waals surface area contributed by atoms with Gasteiger partial charge in [-0.2, -0.15) is 0 Å². The van der Waals surface area contributed by atoms with Gasteiger partial charge in [-0.05, 0) is 38.5 Å². The van der Waals surface area contributed by atoms with Crippen molar-refractivity contribution < 1.29 is 4.74 Å². The molecule has 2 heterocycles. The first kappa shape index (κ1) is 14.3. The maximum atomic E-state index is 5.47. The summed E-state index contributed by atoms with van der Waals surface area (Å²) in [5.41, 5.74) is 0.359. The third-order valence-corrected chi connectivity index (χ3v) is 5.09. The van der Waals surface area contributed by atoms with E-state index in [2.05, 4.69) is 31.0 Å². The van der Waals surface area contributed by atoms with E-state index >= 15 is 0 Å². The molecule has 3 heteroatoms. The second-order valence-corrected chi connectivity index (χ2v) is 6.20. The molecule has 3 nitrogen and oxygen atoms in total. The van der Waals surface area contributed by atoms with Crippen molar-refractivity contribution in [3.63, 3.8) is 0 Å². The highest BCUT2D eigenvalue weighted by molar-refractivity contribution is 4.96. The largest absolute Gasteiger partial charge is 0.381 e. The van der Waals surface area contributed by atoms with Gasteiger partial charge < -0.3 is 10.1 Å². The number of nitrogens with one attached hydrogen (secondary N) is 1. The zero-order chi connectivity index (χ0) is 13.0. The SMILES string of the molecule is CCC1(CC)CN(CC2CCOCC2)C(C)CN1. The highest BCUT2D eigenvalue weighted by Gasteiger charge is 2.35. The van der Waals surface area contributed by atoms with Gasteiger partial charge in [0, 0.05) is 44.4 Å². The lowest BCUT2D eigenvalue weighted by atomic mass is 9.87. The Hall–Kier alpha value is -0.120. The molecule has 0 aromatic heterocycles. The lowest BCUT2D eigenvalue weighted by molar-refractivity contribution is 0.0235. The van der Waals surface area contributed by atoms with Gasteiger partial charge in [-0.15, -0.1) is 0 Å². The van der Waals surface area contributed by atoms with Crippen LogP contribution in [0.25, 0.3) is 0 Å². The third kappa shape index (κ3) is 3.25. The molecule has 1 N–H and O–H groups in total. The Balaban J connectivity index is 1.92. The lowest BCUT2D eigenvalue weighted by Gasteiger charge is -2.47. The van der Waals surface area contributed by atoms with E-state index in [0.29, 0.717) is 11.6 Å². The molecule has 2 fully saturated rings. The van der Waals surface area contributed by atoms with Crippen LogP contribution in [-0.2, 0) is 4.74 Å². The van der Waals surface area contributed by atoms with Gasteiger partial charge in [0.25, 0.3) is 0 Å². The van der Waals surface area contributed by atoms with E-state index in [9.17, 15) is 0 Å². The van der Waals surface area contributed by atoms with Crippen molar-refractivity contribution in [3.8, 4) is 0 Å². The predicted octanol–water partition coefficient (Wildman–Crippen LogP) is 2.27. The third-order valence-electron chi connectivity index (χ3n) is 5.09. The molecule has 18 heavy (non-hydrogen) atoms. The molecular formula is C15H30N2O. The summed E-state index contributed by atoms with van der Waals surface area (Å²) in [5, 5.41) is 3.78. The van der Waals surface area contributed by atoms with Crippen molar-refractivity contribution in [2.45, 2.75) is 58.0 Å². The molecule has 0 aliphatic carbocycles. The van der Waals surface area contributed by atoms with Crippen LogP contribution < -0.4 is 5.32 Å². The minimum atomic E-state index is 0.359. The minimum Gasteiger partial charge on any atom is -0.381 e. The van der Waals surface area contributed by atoms with Crippen LogP contribution in [0, 0.1) is 5.92 Å². The highest BCUT2D eigenvalue weighted by atomic mass is 16.5. The molecule has 0 spiro atoms. The van der Waals surface area contributed by atoms with Crippen LogP contribution in [0.4, 0.5) is 0 Å². The van der Waals surface area contributed by atoms with Gasteiger partial charge >= 0.3 is 0 Å². The first-order valence-electron chi connectivity index (χ1n) is 7.76. The molecular weight excluding hydrogens is 224 g/mol. The maximum absolute atomic E-state index is 5.47. The number of nitrogens with zero attached hydrogens (tertiary/aromatic N) is 1. The first-order valence-corrected chi connectivity index (χ1v) is 7.76. The smallest absolute Gasteiger partial charge is 0.0469 e. The van der Waals surface area contributed by atoms with Crippen LogP contribution in [0.1, 0.15) is 46.5 Å². The fourth-order valence-electron chi connectivity index (χ4n) is 3.32. The second-order valence-electron chi connectivity index (χ2n) is 6.20. The molecule has 2 saturated heterocycles.